The van der Waals surface area contributed by atoms with Gasteiger partial charge in [-0.05, 0) is 6.42 Å². The third kappa shape index (κ3) is 1.68. The van der Waals surface area contributed by atoms with E-state index in [2.05, 4.69) is 0 Å². The zero-order chi connectivity index (χ0) is 7.40. The molecule has 10 heavy (non-hydrogen) atoms. The van der Waals surface area contributed by atoms with Gasteiger partial charge in [-0.25, -0.2) is 9.68 Å². The second kappa shape index (κ2) is 3.53. The zero-order valence-corrected chi connectivity index (χ0v) is 6.00. The maximum absolute atomic E-state index is 10.8. The molecule has 1 aliphatic rings. The summed E-state index contributed by atoms with van der Waals surface area (Å²) in [6.45, 7) is 2.95. The van der Waals surface area contributed by atoms with Gasteiger partial charge in [0.25, 0.3) is 5.91 Å². The summed E-state index contributed by atoms with van der Waals surface area (Å²) in [5, 5.41) is 0.976. The molecule has 1 fully saturated rings. The highest BCUT2D eigenvalue weighted by atomic mass is 17.0. The van der Waals surface area contributed by atoms with Crippen molar-refractivity contribution in [1.29, 1.82) is 0 Å². The predicted molar refractivity (Wildman–Crippen MR) is 33.7 cm³/mol. The minimum Gasteiger partial charge on any atom is -0.270 e. The number of amides is 1. The van der Waals surface area contributed by atoms with Crippen LogP contribution in [0.4, 0.5) is 0 Å². The van der Waals surface area contributed by atoms with Crippen molar-refractivity contribution in [3.63, 3.8) is 0 Å². The minimum absolute atomic E-state index is 0.0894. The van der Waals surface area contributed by atoms with Crippen LogP contribution in [0.3, 0.4) is 0 Å². The van der Waals surface area contributed by atoms with Crippen LogP contribution in [0.1, 0.15) is 19.8 Å². The summed E-state index contributed by atoms with van der Waals surface area (Å²) < 4.78 is 0. The predicted octanol–water partition coefficient (Wildman–Crippen LogP) is 0.492. The fourth-order valence-corrected chi connectivity index (χ4v) is 0.663. The van der Waals surface area contributed by atoms with E-state index >= 15 is 0 Å². The lowest BCUT2D eigenvalue weighted by Gasteiger charge is -2.11. The third-order valence-electron chi connectivity index (χ3n) is 1.14. The molecule has 0 N–H and O–H groups in total. The normalized spacial score (nSPS) is 18.5. The SMILES string of the molecule is CCCON1OCCC1=O. The molecule has 0 unspecified atom stereocenters. The highest BCUT2D eigenvalue weighted by Gasteiger charge is 2.21. The van der Waals surface area contributed by atoms with E-state index in [0.717, 1.165) is 11.6 Å². The lowest BCUT2D eigenvalue weighted by molar-refractivity contribution is -0.320. The maximum Gasteiger partial charge on any atom is 0.275 e. The highest BCUT2D eigenvalue weighted by Crippen LogP contribution is 2.06. The van der Waals surface area contributed by atoms with Gasteiger partial charge in [0.15, 0.2) is 0 Å². The summed E-state index contributed by atoms with van der Waals surface area (Å²) in [4.78, 5) is 20.5. The largest absolute Gasteiger partial charge is 0.275 e. The number of rotatable bonds is 3. The van der Waals surface area contributed by atoms with E-state index in [0.29, 0.717) is 19.6 Å². The van der Waals surface area contributed by atoms with E-state index in [1.165, 1.54) is 0 Å². The molecule has 0 aromatic heterocycles. The number of nitrogens with zero attached hydrogens (tertiary/aromatic N) is 1. The molecule has 0 aromatic rings. The second-order valence-corrected chi connectivity index (χ2v) is 2.07. The summed E-state index contributed by atoms with van der Waals surface area (Å²) in [6.07, 6.45) is 1.32. The number of carbonyl (C=O) groups is 1. The topological polar surface area (TPSA) is 38.8 Å². The molecule has 0 spiro atoms. The number of carbonyl (C=O) groups excluding carboxylic acids is 1. The van der Waals surface area contributed by atoms with Crippen LogP contribution in [0.2, 0.25) is 0 Å². The molecule has 0 bridgehead atoms. The van der Waals surface area contributed by atoms with E-state index < -0.39 is 0 Å². The van der Waals surface area contributed by atoms with E-state index in [1.807, 2.05) is 6.92 Å². The van der Waals surface area contributed by atoms with Gasteiger partial charge < -0.3 is 0 Å². The average Bonchev–Trinajstić information content (AvgIpc) is 2.31. The van der Waals surface area contributed by atoms with E-state index in [-0.39, 0.29) is 5.91 Å². The molecule has 0 aromatic carbocycles. The quantitative estimate of drug-likeness (QED) is 0.580. The number of hydroxylamine groups is 2. The number of hydrogen-bond donors (Lipinski definition) is 0. The molecular formula is C6H11NO3. The van der Waals surface area contributed by atoms with E-state index in [1.54, 1.807) is 0 Å². The summed E-state index contributed by atoms with van der Waals surface area (Å²) in [6, 6.07) is 0. The van der Waals surface area contributed by atoms with Gasteiger partial charge in [0, 0.05) is 0 Å². The first-order valence-electron chi connectivity index (χ1n) is 3.43. The summed E-state index contributed by atoms with van der Waals surface area (Å²) in [5.74, 6) is -0.0894. The number of hydrogen-bond acceptors (Lipinski definition) is 3. The summed E-state index contributed by atoms with van der Waals surface area (Å²) in [5.41, 5.74) is 0. The zero-order valence-electron chi connectivity index (χ0n) is 6.00. The van der Waals surface area contributed by atoms with Crippen molar-refractivity contribution in [3.05, 3.63) is 0 Å². The Hall–Kier alpha value is -0.610. The van der Waals surface area contributed by atoms with Crippen LogP contribution in [0.15, 0.2) is 0 Å². The first-order valence-corrected chi connectivity index (χ1v) is 3.43. The van der Waals surface area contributed by atoms with Crippen LogP contribution in [0.5, 0.6) is 0 Å². The molecule has 0 saturated carbocycles. The standard InChI is InChI=1S/C6H11NO3/c1-2-4-9-7-6(8)3-5-10-7/h2-5H2,1H3. The van der Waals surface area contributed by atoms with Gasteiger partial charge in [0.05, 0.1) is 19.6 Å². The Bertz CT molecular complexity index is 126. The first kappa shape index (κ1) is 7.50. The Morgan fingerprint density at radius 1 is 1.80 bits per heavy atom. The monoisotopic (exact) mass is 145 g/mol. The van der Waals surface area contributed by atoms with Gasteiger partial charge in [-0.1, -0.05) is 12.2 Å². The van der Waals surface area contributed by atoms with Gasteiger partial charge in [-0.2, -0.15) is 0 Å². The maximum atomic E-state index is 10.8. The molecule has 0 radical (unpaired) electrons. The Labute approximate surface area is 59.6 Å². The molecule has 1 aliphatic heterocycles. The van der Waals surface area contributed by atoms with Crippen LogP contribution >= 0.6 is 0 Å². The third-order valence-corrected chi connectivity index (χ3v) is 1.14. The van der Waals surface area contributed by atoms with Crippen molar-refractivity contribution in [2.24, 2.45) is 0 Å². The summed E-state index contributed by atoms with van der Waals surface area (Å²) >= 11 is 0. The van der Waals surface area contributed by atoms with Crippen molar-refractivity contribution in [2.45, 2.75) is 19.8 Å². The molecule has 1 rings (SSSR count). The van der Waals surface area contributed by atoms with Crippen molar-refractivity contribution in [1.82, 2.24) is 5.23 Å². The van der Waals surface area contributed by atoms with Crippen molar-refractivity contribution in [2.75, 3.05) is 13.2 Å². The lowest BCUT2D eigenvalue weighted by atomic mass is 10.5. The Kier molecular flexibility index (Phi) is 2.65. The van der Waals surface area contributed by atoms with Crippen LogP contribution < -0.4 is 0 Å². The van der Waals surface area contributed by atoms with Crippen molar-refractivity contribution < 1.29 is 14.5 Å². The first-order chi connectivity index (χ1) is 4.84. The average molecular weight is 145 g/mol. The lowest BCUT2D eigenvalue weighted by Crippen LogP contribution is -2.23. The smallest absolute Gasteiger partial charge is 0.270 e. The van der Waals surface area contributed by atoms with Crippen LogP contribution in [0, 0.1) is 0 Å². The fourth-order valence-electron chi connectivity index (χ4n) is 0.663. The highest BCUT2D eigenvalue weighted by molar-refractivity contribution is 5.75. The molecule has 58 valence electrons. The minimum atomic E-state index is -0.0894. The van der Waals surface area contributed by atoms with Gasteiger partial charge in [-0.3, -0.25) is 4.79 Å². The van der Waals surface area contributed by atoms with Gasteiger partial charge in [-0.15, -0.1) is 0 Å². The van der Waals surface area contributed by atoms with Crippen LogP contribution in [-0.2, 0) is 14.5 Å². The van der Waals surface area contributed by atoms with Crippen molar-refractivity contribution in [3.8, 4) is 0 Å². The van der Waals surface area contributed by atoms with Gasteiger partial charge >= 0.3 is 0 Å². The Morgan fingerprint density at radius 2 is 2.60 bits per heavy atom. The molecule has 4 nitrogen and oxygen atoms in total. The van der Waals surface area contributed by atoms with Gasteiger partial charge in [0.2, 0.25) is 0 Å². The molecule has 0 aliphatic carbocycles. The van der Waals surface area contributed by atoms with E-state index in [4.69, 9.17) is 9.68 Å². The fraction of sp³-hybridized carbons (Fsp3) is 0.833. The van der Waals surface area contributed by atoms with E-state index in [9.17, 15) is 4.79 Å². The van der Waals surface area contributed by atoms with Gasteiger partial charge in [0.1, 0.15) is 0 Å². The second-order valence-electron chi connectivity index (χ2n) is 2.07. The van der Waals surface area contributed by atoms with Crippen LogP contribution in [-0.4, -0.2) is 24.3 Å². The van der Waals surface area contributed by atoms with Crippen LogP contribution in [0.25, 0.3) is 0 Å². The Morgan fingerprint density at radius 3 is 3.10 bits per heavy atom. The molecule has 1 heterocycles. The summed E-state index contributed by atoms with van der Waals surface area (Å²) in [7, 11) is 0. The molecule has 4 heteroatoms. The molecular weight excluding hydrogens is 134 g/mol. The Balaban J connectivity index is 2.20. The molecule has 1 amide bonds. The molecule has 0 atom stereocenters. The van der Waals surface area contributed by atoms with Crippen molar-refractivity contribution >= 4 is 5.91 Å². The molecule has 1 saturated heterocycles.